The van der Waals surface area contributed by atoms with Gasteiger partial charge in [-0.15, -0.1) is 22.7 Å². The molecule has 2 N–H and O–H groups in total. The lowest BCUT2D eigenvalue weighted by molar-refractivity contribution is -0.116. The minimum atomic E-state index is -0.268. The van der Waals surface area contributed by atoms with Crippen LogP contribution in [0.3, 0.4) is 0 Å². The predicted molar refractivity (Wildman–Crippen MR) is 125 cm³/mol. The fourth-order valence-corrected chi connectivity index (χ4v) is 5.87. The highest BCUT2D eigenvalue weighted by atomic mass is 32.2. The molecule has 3 aromatic heterocycles. The van der Waals surface area contributed by atoms with Gasteiger partial charge in [-0.25, -0.2) is 14.6 Å². The van der Waals surface area contributed by atoms with Gasteiger partial charge in [-0.05, 0) is 12.5 Å². The Kier molecular flexibility index (Phi) is 5.89. The second kappa shape index (κ2) is 8.58. The lowest BCUT2D eigenvalue weighted by Gasteiger charge is -2.14. The van der Waals surface area contributed by atoms with Crippen molar-refractivity contribution in [2.45, 2.75) is 24.8 Å². The van der Waals surface area contributed by atoms with Crippen LogP contribution in [0, 0.1) is 0 Å². The molecule has 0 radical (unpaired) electrons. The summed E-state index contributed by atoms with van der Waals surface area (Å²) in [4.78, 5) is 36.1. The number of carbonyl (C=O) groups is 1. The van der Waals surface area contributed by atoms with Crippen LogP contribution in [0.25, 0.3) is 21.3 Å². The topological polar surface area (TPSA) is 94.1 Å². The third kappa shape index (κ3) is 3.85. The van der Waals surface area contributed by atoms with Crippen molar-refractivity contribution < 1.29 is 4.79 Å². The van der Waals surface area contributed by atoms with Crippen LogP contribution in [-0.2, 0) is 10.5 Å². The van der Waals surface area contributed by atoms with E-state index in [2.05, 4.69) is 9.97 Å². The maximum Gasteiger partial charge on any atom is 0.282 e. The summed E-state index contributed by atoms with van der Waals surface area (Å²) in [7, 11) is 0. The number of anilines is 1. The van der Waals surface area contributed by atoms with Crippen molar-refractivity contribution in [2.24, 2.45) is 0 Å². The van der Waals surface area contributed by atoms with Crippen LogP contribution in [0.1, 0.15) is 19.5 Å². The minimum absolute atomic E-state index is 0.0408. The van der Waals surface area contributed by atoms with Gasteiger partial charge in [0, 0.05) is 35.5 Å². The Morgan fingerprint density at radius 2 is 1.97 bits per heavy atom. The van der Waals surface area contributed by atoms with E-state index in [9.17, 15) is 9.59 Å². The van der Waals surface area contributed by atoms with Gasteiger partial charge in [0.05, 0.1) is 11.1 Å². The standard InChI is InChI=1S/C20H19N5O2S3/c1-3-24(12(2)26)19-22-14(9-29-19)10-30-20-23-17-16(18(27)25(20)21)15(11-28-17)13-7-5-4-6-8-13/h4-9,11H,3,10,21H2,1-2H3. The molecular formula is C20H19N5O2S3. The van der Waals surface area contributed by atoms with Crippen molar-refractivity contribution in [1.82, 2.24) is 14.6 Å². The third-order valence-corrected chi connectivity index (χ3v) is 7.28. The Labute approximate surface area is 185 Å². The van der Waals surface area contributed by atoms with Gasteiger partial charge in [0.1, 0.15) is 4.83 Å². The summed E-state index contributed by atoms with van der Waals surface area (Å²) in [5, 5.41) is 5.48. The second-order valence-electron chi connectivity index (χ2n) is 6.44. The molecule has 1 amide bonds. The number of hydrogen-bond acceptors (Lipinski definition) is 8. The monoisotopic (exact) mass is 457 g/mol. The number of aromatic nitrogens is 3. The first-order valence-corrected chi connectivity index (χ1v) is 11.9. The molecule has 0 aliphatic carbocycles. The average Bonchev–Trinajstić information content (AvgIpc) is 3.38. The average molecular weight is 458 g/mol. The van der Waals surface area contributed by atoms with Gasteiger partial charge in [-0.3, -0.25) is 14.5 Å². The highest BCUT2D eigenvalue weighted by molar-refractivity contribution is 7.98. The summed E-state index contributed by atoms with van der Waals surface area (Å²) >= 11 is 4.20. The molecule has 4 rings (SSSR count). The molecule has 0 bridgehead atoms. The molecule has 30 heavy (non-hydrogen) atoms. The van der Waals surface area contributed by atoms with Crippen LogP contribution in [-0.4, -0.2) is 27.1 Å². The van der Waals surface area contributed by atoms with E-state index >= 15 is 0 Å². The smallest absolute Gasteiger partial charge is 0.282 e. The number of rotatable bonds is 6. The number of nitrogens with zero attached hydrogens (tertiary/aromatic N) is 4. The molecular weight excluding hydrogens is 438 g/mol. The number of benzene rings is 1. The third-order valence-electron chi connectivity index (χ3n) is 4.51. The van der Waals surface area contributed by atoms with Crippen LogP contribution in [0.2, 0.25) is 0 Å². The Morgan fingerprint density at radius 3 is 2.67 bits per heavy atom. The largest absolute Gasteiger partial charge is 0.334 e. The van der Waals surface area contributed by atoms with Gasteiger partial charge in [0.25, 0.3) is 5.56 Å². The number of hydrogen-bond donors (Lipinski definition) is 1. The van der Waals surface area contributed by atoms with Gasteiger partial charge < -0.3 is 5.84 Å². The molecule has 0 aliphatic rings. The number of fused-ring (bicyclic) bond motifs is 1. The molecule has 0 atom stereocenters. The first-order chi connectivity index (χ1) is 14.5. The summed E-state index contributed by atoms with van der Waals surface area (Å²) in [6.07, 6.45) is 0. The molecule has 7 nitrogen and oxygen atoms in total. The number of thioether (sulfide) groups is 1. The van der Waals surface area contributed by atoms with E-state index in [-0.39, 0.29) is 11.5 Å². The van der Waals surface area contributed by atoms with Crippen molar-refractivity contribution in [3.05, 3.63) is 57.1 Å². The summed E-state index contributed by atoms with van der Waals surface area (Å²) < 4.78 is 1.10. The first kappa shape index (κ1) is 20.6. The van der Waals surface area contributed by atoms with E-state index in [0.717, 1.165) is 21.5 Å². The number of nitrogens with two attached hydrogens (primary N) is 1. The quantitative estimate of drug-likeness (QED) is 0.268. The minimum Gasteiger partial charge on any atom is -0.334 e. The van der Waals surface area contributed by atoms with Crippen molar-refractivity contribution >= 4 is 55.7 Å². The van der Waals surface area contributed by atoms with Crippen LogP contribution in [0.4, 0.5) is 5.13 Å². The number of carbonyl (C=O) groups excluding carboxylic acids is 1. The van der Waals surface area contributed by atoms with Crippen LogP contribution < -0.4 is 16.3 Å². The molecule has 154 valence electrons. The maximum atomic E-state index is 13.0. The van der Waals surface area contributed by atoms with E-state index in [1.807, 2.05) is 48.0 Å². The summed E-state index contributed by atoms with van der Waals surface area (Å²) in [6.45, 7) is 4.00. The van der Waals surface area contributed by atoms with E-state index in [1.165, 1.54) is 41.4 Å². The fourth-order valence-electron chi connectivity index (χ4n) is 3.03. The summed E-state index contributed by atoms with van der Waals surface area (Å²) in [5.74, 6) is 6.55. The molecule has 1 aromatic carbocycles. The Bertz CT molecular complexity index is 1260. The van der Waals surface area contributed by atoms with Crippen LogP contribution in [0.5, 0.6) is 0 Å². The van der Waals surface area contributed by atoms with Gasteiger partial charge in [0.2, 0.25) is 5.91 Å². The molecule has 10 heteroatoms. The molecule has 0 saturated heterocycles. The fraction of sp³-hybridized carbons (Fsp3) is 0.200. The Balaban J connectivity index is 1.60. The van der Waals surface area contributed by atoms with Crippen molar-refractivity contribution in [3.63, 3.8) is 0 Å². The number of thiazole rings is 1. The zero-order valence-corrected chi connectivity index (χ0v) is 18.8. The van der Waals surface area contributed by atoms with E-state index in [4.69, 9.17) is 5.84 Å². The SMILES string of the molecule is CCN(C(C)=O)c1nc(CSc2nc3scc(-c4ccccc4)c3c(=O)n2N)cs1. The first-order valence-electron chi connectivity index (χ1n) is 9.19. The summed E-state index contributed by atoms with van der Waals surface area (Å²) in [6, 6.07) is 9.73. The molecule has 4 aromatic rings. The van der Waals surface area contributed by atoms with Crippen LogP contribution in [0.15, 0.2) is 51.0 Å². The molecule has 3 heterocycles. The number of thiophene rings is 1. The van der Waals surface area contributed by atoms with Gasteiger partial charge >= 0.3 is 0 Å². The van der Waals surface area contributed by atoms with E-state index < -0.39 is 0 Å². The highest BCUT2D eigenvalue weighted by Crippen LogP contribution is 2.32. The lowest BCUT2D eigenvalue weighted by atomic mass is 10.1. The predicted octanol–water partition coefficient (Wildman–Crippen LogP) is 3.96. The van der Waals surface area contributed by atoms with Gasteiger partial charge in [-0.2, -0.15) is 0 Å². The highest BCUT2D eigenvalue weighted by Gasteiger charge is 2.17. The summed E-state index contributed by atoms with van der Waals surface area (Å²) in [5.41, 5.74) is 2.35. The molecule has 0 saturated carbocycles. The number of nitrogen functional groups attached to an aromatic ring is 1. The maximum absolute atomic E-state index is 13.0. The van der Waals surface area contributed by atoms with Crippen LogP contribution >= 0.6 is 34.4 Å². The van der Waals surface area contributed by atoms with E-state index in [0.29, 0.717) is 32.8 Å². The Hall–Kier alpha value is -2.69. The Morgan fingerprint density at radius 1 is 1.20 bits per heavy atom. The second-order valence-corrected chi connectivity index (χ2v) is 9.08. The lowest BCUT2D eigenvalue weighted by Crippen LogP contribution is -2.29. The molecule has 0 spiro atoms. The zero-order chi connectivity index (χ0) is 21.3. The van der Waals surface area contributed by atoms with Gasteiger partial charge in [0.15, 0.2) is 10.3 Å². The van der Waals surface area contributed by atoms with Crippen molar-refractivity contribution in [2.75, 3.05) is 17.3 Å². The normalized spacial score (nSPS) is 11.1. The van der Waals surface area contributed by atoms with Gasteiger partial charge in [-0.1, -0.05) is 42.1 Å². The van der Waals surface area contributed by atoms with Crippen molar-refractivity contribution in [3.8, 4) is 11.1 Å². The van der Waals surface area contributed by atoms with Crippen molar-refractivity contribution in [1.29, 1.82) is 0 Å². The molecule has 0 unspecified atom stereocenters. The molecule has 0 aliphatic heterocycles. The van der Waals surface area contributed by atoms with E-state index in [1.54, 1.807) is 4.90 Å². The molecule has 0 fully saturated rings. The number of amides is 1. The zero-order valence-electron chi connectivity index (χ0n) is 16.4.